The number of benzene rings is 2. The zero-order valence-corrected chi connectivity index (χ0v) is 12.3. The summed E-state index contributed by atoms with van der Waals surface area (Å²) in [6.07, 6.45) is 0. The minimum atomic E-state index is -0.400. The topological polar surface area (TPSA) is 55.4 Å². The highest BCUT2D eigenvalue weighted by Crippen LogP contribution is 2.11. The molecule has 0 aliphatic rings. The van der Waals surface area contributed by atoms with E-state index in [4.69, 9.17) is 4.74 Å². The summed E-state index contributed by atoms with van der Waals surface area (Å²) < 4.78 is 4.90. The maximum atomic E-state index is 12.1. The standard InChI is InChI=1S/C18H17NO3/c1-3-22-18(21)16-11-9-15(10-12-16)17(20)19-13(2)14-7-5-4-6-8-14/h4-12H,2-3H2,1H3,(H,19,20). The lowest BCUT2D eigenvalue weighted by molar-refractivity contribution is 0.0526. The van der Waals surface area contributed by atoms with Crippen molar-refractivity contribution in [3.63, 3.8) is 0 Å². The Morgan fingerprint density at radius 1 is 0.955 bits per heavy atom. The Morgan fingerprint density at radius 2 is 1.55 bits per heavy atom. The summed E-state index contributed by atoms with van der Waals surface area (Å²) in [5, 5.41) is 2.74. The Bertz CT molecular complexity index is 675. The summed E-state index contributed by atoms with van der Waals surface area (Å²) in [5.74, 6) is -0.674. The van der Waals surface area contributed by atoms with Crippen molar-refractivity contribution in [3.8, 4) is 0 Å². The second kappa shape index (κ2) is 7.22. The fraction of sp³-hybridized carbons (Fsp3) is 0.111. The molecule has 1 amide bonds. The van der Waals surface area contributed by atoms with E-state index >= 15 is 0 Å². The molecule has 0 bridgehead atoms. The third kappa shape index (κ3) is 3.82. The van der Waals surface area contributed by atoms with Crippen LogP contribution >= 0.6 is 0 Å². The van der Waals surface area contributed by atoms with Gasteiger partial charge in [0.1, 0.15) is 0 Å². The Hall–Kier alpha value is -2.88. The SMILES string of the molecule is C=C(NC(=O)c1ccc(C(=O)OCC)cc1)c1ccccc1. The molecule has 0 unspecified atom stereocenters. The molecule has 2 rings (SSSR count). The highest BCUT2D eigenvalue weighted by Gasteiger charge is 2.10. The molecule has 1 N–H and O–H groups in total. The molecule has 0 saturated heterocycles. The van der Waals surface area contributed by atoms with E-state index in [9.17, 15) is 9.59 Å². The lowest BCUT2D eigenvalue weighted by atomic mass is 10.1. The van der Waals surface area contributed by atoms with Gasteiger partial charge in [-0.25, -0.2) is 4.79 Å². The van der Waals surface area contributed by atoms with E-state index in [1.165, 1.54) is 0 Å². The van der Waals surface area contributed by atoms with E-state index in [0.717, 1.165) is 5.56 Å². The molecule has 112 valence electrons. The lowest BCUT2D eigenvalue weighted by Crippen LogP contribution is -2.21. The molecule has 0 saturated carbocycles. The van der Waals surface area contributed by atoms with Crippen molar-refractivity contribution in [1.82, 2.24) is 5.32 Å². The fourth-order valence-electron chi connectivity index (χ4n) is 1.89. The quantitative estimate of drug-likeness (QED) is 0.861. The molecule has 2 aromatic rings. The van der Waals surface area contributed by atoms with Crippen LogP contribution in [0.1, 0.15) is 33.2 Å². The summed E-state index contributed by atoms with van der Waals surface area (Å²) in [6, 6.07) is 15.7. The average Bonchev–Trinajstić information content (AvgIpc) is 2.56. The van der Waals surface area contributed by atoms with Gasteiger partial charge in [0, 0.05) is 11.3 Å². The number of hydrogen-bond donors (Lipinski definition) is 1. The second-order valence-corrected chi connectivity index (χ2v) is 4.60. The Balaban J connectivity index is 2.04. The zero-order valence-electron chi connectivity index (χ0n) is 12.3. The monoisotopic (exact) mass is 295 g/mol. The van der Waals surface area contributed by atoms with Crippen molar-refractivity contribution >= 4 is 17.6 Å². The van der Waals surface area contributed by atoms with Gasteiger partial charge in [0.15, 0.2) is 0 Å². The summed E-state index contributed by atoms with van der Waals surface area (Å²) in [4.78, 5) is 23.7. The van der Waals surface area contributed by atoms with Gasteiger partial charge in [-0.1, -0.05) is 36.9 Å². The van der Waals surface area contributed by atoms with E-state index in [1.54, 1.807) is 31.2 Å². The van der Waals surface area contributed by atoms with Crippen LogP contribution in [0.3, 0.4) is 0 Å². The molecule has 2 aromatic carbocycles. The third-order valence-corrected chi connectivity index (χ3v) is 3.04. The van der Waals surface area contributed by atoms with Crippen molar-refractivity contribution in [2.75, 3.05) is 6.61 Å². The molecule has 0 spiro atoms. The van der Waals surface area contributed by atoms with Crippen LogP contribution < -0.4 is 5.32 Å². The zero-order chi connectivity index (χ0) is 15.9. The van der Waals surface area contributed by atoms with Crippen LogP contribution in [0.15, 0.2) is 61.2 Å². The van der Waals surface area contributed by atoms with Crippen LogP contribution in [-0.4, -0.2) is 18.5 Å². The summed E-state index contributed by atoms with van der Waals surface area (Å²) in [5.41, 5.74) is 2.24. The van der Waals surface area contributed by atoms with E-state index in [1.807, 2.05) is 30.3 Å². The van der Waals surface area contributed by atoms with Crippen LogP contribution in [0.5, 0.6) is 0 Å². The van der Waals surface area contributed by atoms with Gasteiger partial charge in [0.2, 0.25) is 0 Å². The van der Waals surface area contributed by atoms with Gasteiger partial charge in [-0.2, -0.15) is 0 Å². The van der Waals surface area contributed by atoms with Crippen molar-refractivity contribution in [2.24, 2.45) is 0 Å². The maximum absolute atomic E-state index is 12.1. The summed E-state index contributed by atoms with van der Waals surface area (Å²) in [6.45, 7) is 5.92. The molecule has 0 aliphatic heterocycles. The van der Waals surface area contributed by atoms with Crippen LogP contribution in [0.4, 0.5) is 0 Å². The molecule has 0 fully saturated rings. The molecule has 4 nitrogen and oxygen atoms in total. The minimum absolute atomic E-state index is 0.274. The van der Waals surface area contributed by atoms with Crippen molar-refractivity contribution in [3.05, 3.63) is 77.9 Å². The fourth-order valence-corrected chi connectivity index (χ4v) is 1.89. The van der Waals surface area contributed by atoms with Crippen LogP contribution in [0.25, 0.3) is 5.70 Å². The van der Waals surface area contributed by atoms with Gasteiger partial charge in [0.25, 0.3) is 5.91 Å². The summed E-state index contributed by atoms with van der Waals surface area (Å²) >= 11 is 0. The van der Waals surface area contributed by atoms with Crippen molar-refractivity contribution in [2.45, 2.75) is 6.92 Å². The number of amides is 1. The second-order valence-electron chi connectivity index (χ2n) is 4.60. The molecule has 0 aromatic heterocycles. The van der Waals surface area contributed by atoms with Gasteiger partial charge in [-0.3, -0.25) is 4.79 Å². The van der Waals surface area contributed by atoms with Gasteiger partial charge >= 0.3 is 5.97 Å². The lowest BCUT2D eigenvalue weighted by Gasteiger charge is -2.09. The Kier molecular flexibility index (Phi) is 5.09. The first kappa shape index (κ1) is 15.5. The number of rotatable bonds is 5. The molecule has 0 atom stereocenters. The first-order valence-corrected chi connectivity index (χ1v) is 6.94. The molecule has 0 heterocycles. The molecular formula is C18H17NO3. The van der Waals surface area contributed by atoms with Crippen LogP contribution in [-0.2, 0) is 4.74 Å². The van der Waals surface area contributed by atoms with Crippen molar-refractivity contribution in [1.29, 1.82) is 0 Å². The van der Waals surface area contributed by atoms with E-state index in [-0.39, 0.29) is 5.91 Å². The van der Waals surface area contributed by atoms with Gasteiger partial charge in [-0.15, -0.1) is 0 Å². The third-order valence-electron chi connectivity index (χ3n) is 3.04. The molecule has 22 heavy (non-hydrogen) atoms. The summed E-state index contributed by atoms with van der Waals surface area (Å²) in [7, 11) is 0. The van der Waals surface area contributed by atoms with E-state index in [2.05, 4.69) is 11.9 Å². The Labute approximate surface area is 129 Å². The normalized spacial score (nSPS) is 9.86. The Morgan fingerprint density at radius 3 is 2.14 bits per heavy atom. The minimum Gasteiger partial charge on any atom is -0.462 e. The van der Waals surface area contributed by atoms with Crippen molar-refractivity contribution < 1.29 is 14.3 Å². The van der Waals surface area contributed by atoms with Crippen LogP contribution in [0.2, 0.25) is 0 Å². The largest absolute Gasteiger partial charge is 0.462 e. The van der Waals surface area contributed by atoms with E-state index < -0.39 is 5.97 Å². The number of ether oxygens (including phenoxy) is 1. The van der Waals surface area contributed by atoms with Gasteiger partial charge < -0.3 is 10.1 Å². The number of carbonyl (C=O) groups is 2. The van der Waals surface area contributed by atoms with E-state index in [0.29, 0.717) is 23.4 Å². The first-order valence-electron chi connectivity index (χ1n) is 6.94. The molecule has 4 heteroatoms. The average molecular weight is 295 g/mol. The highest BCUT2D eigenvalue weighted by molar-refractivity contribution is 6.00. The predicted molar refractivity (Wildman–Crippen MR) is 85.3 cm³/mol. The van der Waals surface area contributed by atoms with Gasteiger partial charge in [0.05, 0.1) is 12.2 Å². The highest BCUT2D eigenvalue weighted by atomic mass is 16.5. The first-order chi connectivity index (χ1) is 10.6. The maximum Gasteiger partial charge on any atom is 0.338 e. The number of esters is 1. The predicted octanol–water partition coefficient (Wildman–Crippen LogP) is 3.26. The number of hydrogen-bond acceptors (Lipinski definition) is 3. The smallest absolute Gasteiger partial charge is 0.338 e. The number of carbonyl (C=O) groups excluding carboxylic acids is 2. The number of nitrogens with one attached hydrogen (secondary N) is 1. The molecule has 0 aliphatic carbocycles. The van der Waals surface area contributed by atoms with Crippen LogP contribution in [0, 0.1) is 0 Å². The molecular weight excluding hydrogens is 278 g/mol. The van der Waals surface area contributed by atoms with Gasteiger partial charge in [-0.05, 0) is 36.8 Å². The molecule has 0 radical (unpaired) electrons.